The zero-order chi connectivity index (χ0) is 16.3. The summed E-state index contributed by atoms with van der Waals surface area (Å²) in [6.45, 7) is 3.30. The second-order valence-corrected chi connectivity index (χ2v) is 4.72. The van der Waals surface area contributed by atoms with E-state index >= 15 is 0 Å². The molecule has 0 saturated heterocycles. The molecule has 1 atom stereocenters. The Morgan fingerprint density at radius 2 is 2.00 bits per heavy atom. The van der Waals surface area contributed by atoms with Crippen LogP contribution in [0.4, 0.5) is 4.79 Å². The summed E-state index contributed by atoms with van der Waals surface area (Å²) in [6.07, 6.45) is -0.809. The number of amides is 1. The van der Waals surface area contributed by atoms with Crippen LogP contribution in [0, 0.1) is 0 Å². The highest BCUT2D eigenvalue weighted by Crippen LogP contribution is 2.37. The highest BCUT2D eigenvalue weighted by atomic mass is 16.6. The summed E-state index contributed by atoms with van der Waals surface area (Å²) in [4.78, 5) is 23.7. The van der Waals surface area contributed by atoms with Gasteiger partial charge >= 0.3 is 6.09 Å². The van der Waals surface area contributed by atoms with Crippen LogP contribution in [0.15, 0.2) is 35.9 Å². The molecule has 1 aromatic rings. The van der Waals surface area contributed by atoms with Crippen molar-refractivity contribution in [3.05, 3.63) is 41.5 Å². The first-order valence-electron chi connectivity index (χ1n) is 6.67. The van der Waals surface area contributed by atoms with E-state index in [-0.39, 0.29) is 12.5 Å². The Morgan fingerprint density at radius 3 is 2.55 bits per heavy atom. The van der Waals surface area contributed by atoms with Crippen LogP contribution in [0.5, 0.6) is 5.75 Å². The van der Waals surface area contributed by atoms with Crippen LogP contribution in [-0.2, 0) is 19.9 Å². The molecule has 0 saturated carbocycles. The number of nitrogens with one attached hydrogen (secondary N) is 1. The Balaban J connectivity index is 2.23. The Morgan fingerprint density at radius 1 is 1.36 bits per heavy atom. The number of Topliss-reactive ketones (excluding diaryl/α,β-unsaturated/α-hetero) is 1. The fourth-order valence-electron chi connectivity index (χ4n) is 2.07. The number of rotatable bonds is 4. The fourth-order valence-corrected chi connectivity index (χ4v) is 2.07. The number of aliphatic hydroxyl groups excluding tert-OH is 1. The van der Waals surface area contributed by atoms with Gasteiger partial charge in [0.2, 0.25) is 11.6 Å². The van der Waals surface area contributed by atoms with Crippen molar-refractivity contribution in [2.24, 2.45) is 0 Å². The molecule has 1 aliphatic heterocycles. The molecule has 0 spiro atoms. The molecule has 7 nitrogen and oxygen atoms in total. The lowest BCUT2D eigenvalue weighted by atomic mass is 9.91. The third kappa shape index (κ3) is 2.69. The zero-order valence-corrected chi connectivity index (χ0v) is 12.5. The molecule has 0 aromatic heterocycles. The third-order valence-electron chi connectivity index (χ3n) is 3.30. The van der Waals surface area contributed by atoms with Crippen LogP contribution in [0.1, 0.15) is 19.4 Å². The summed E-state index contributed by atoms with van der Waals surface area (Å²) in [5.41, 5.74) is -0.906. The topological polar surface area (TPSA) is 94.1 Å². The van der Waals surface area contributed by atoms with Crippen molar-refractivity contribution in [3.63, 3.8) is 0 Å². The van der Waals surface area contributed by atoms with Crippen molar-refractivity contribution in [1.29, 1.82) is 0 Å². The number of carbonyl (C=O) groups is 2. The van der Waals surface area contributed by atoms with Crippen molar-refractivity contribution in [2.45, 2.75) is 19.4 Å². The molecule has 0 bridgehead atoms. The molecular formula is C15H17NO6. The summed E-state index contributed by atoms with van der Waals surface area (Å²) in [7, 11) is 1.53. The van der Waals surface area contributed by atoms with E-state index in [0.29, 0.717) is 11.3 Å². The molecular weight excluding hydrogens is 290 g/mol. The monoisotopic (exact) mass is 307 g/mol. The Bertz CT molecular complexity index is 621. The normalized spacial score (nSPS) is 20.6. The average Bonchev–Trinajstić information content (AvgIpc) is 2.73. The smallest absolute Gasteiger partial charge is 0.414 e. The van der Waals surface area contributed by atoms with Gasteiger partial charge in [-0.05, 0) is 26.0 Å². The van der Waals surface area contributed by atoms with Gasteiger partial charge in [0.25, 0.3) is 5.78 Å². The number of hydrogen-bond acceptors (Lipinski definition) is 6. The molecule has 1 amide bonds. The summed E-state index contributed by atoms with van der Waals surface area (Å²) in [5, 5.41) is 12.1. The van der Waals surface area contributed by atoms with E-state index < -0.39 is 23.2 Å². The highest BCUT2D eigenvalue weighted by Gasteiger charge is 2.48. The number of carbonyl (C=O) groups excluding carboxylic acids is 2. The van der Waals surface area contributed by atoms with Gasteiger partial charge in [-0.1, -0.05) is 12.1 Å². The van der Waals surface area contributed by atoms with Crippen LogP contribution >= 0.6 is 0 Å². The number of ether oxygens (including phenoxy) is 3. The first-order chi connectivity index (χ1) is 10.4. The van der Waals surface area contributed by atoms with Gasteiger partial charge in [-0.15, -0.1) is 0 Å². The molecule has 1 aliphatic rings. The maximum atomic E-state index is 12.3. The number of ketones is 1. The van der Waals surface area contributed by atoms with Gasteiger partial charge < -0.3 is 19.3 Å². The second kappa shape index (κ2) is 5.97. The van der Waals surface area contributed by atoms with Gasteiger partial charge in [0, 0.05) is 5.56 Å². The first kappa shape index (κ1) is 15.7. The number of hydrogen-bond donors (Lipinski definition) is 2. The molecule has 1 aromatic carbocycles. The van der Waals surface area contributed by atoms with Gasteiger partial charge in [0.1, 0.15) is 5.75 Å². The molecule has 7 heteroatoms. The molecule has 2 rings (SSSR count). The van der Waals surface area contributed by atoms with Gasteiger partial charge in [-0.25, -0.2) is 4.79 Å². The zero-order valence-electron chi connectivity index (χ0n) is 12.5. The van der Waals surface area contributed by atoms with Crippen molar-refractivity contribution < 1.29 is 28.9 Å². The molecule has 1 unspecified atom stereocenters. The van der Waals surface area contributed by atoms with E-state index in [1.807, 2.05) is 0 Å². The summed E-state index contributed by atoms with van der Waals surface area (Å²) >= 11 is 0. The lowest BCUT2D eigenvalue weighted by molar-refractivity contribution is -0.131. The molecule has 0 aliphatic carbocycles. The number of aliphatic hydroxyl groups is 1. The minimum atomic E-state index is -1.43. The number of alkyl carbamates (subject to hydrolysis) is 1. The fraction of sp³-hybridized carbons (Fsp3) is 0.333. The summed E-state index contributed by atoms with van der Waals surface area (Å²) in [5.74, 6) is -0.988. The molecule has 0 fully saturated rings. The number of methoxy groups -OCH3 is 1. The minimum absolute atomic E-state index is 0.156. The van der Waals surface area contributed by atoms with Crippen molar-refractivity contribution in [1.82, 2.24) is 5.32 Å². The van der Waals surface area contributed by atoms with E-state index in [4.69, 9.17) is 9.47 Å². The van der Waals surface area contributed by atoms with Crippen LogP contribution in [0.25, 0.3) is 0 Å². The lowest BCUT2D eigenvalue weighted by Crippen LogP contribution is -2.32. The Kier molecular flexibility index (Phi) is 4.25. The summed E-state index contributed by atoms with van der Waals surface area (Å²) < 4.78 is 15.2. The predicted octanol–water partition coefficient (Wildman–Crippen LogP) is 1.98. The maximum Gasteiger partial charge on any atom is 0.414 e. The number of benzene rings is 1. The van der Waals surface area contributed by atoms with E-state index in [2.05, 4.69) is 10.1 Å². The van der Waals surface area contributed by atoms with E-state index in [9.17, 15) is 14.7 Å². The van der Waals surface area contributed by atoms with Gasteiger partial charge in [0.15, 0.2) is 5.60 Å². The van der Waals surface area contributed by atoms with E-state index in [1.54, 1.807) is 31.2 Å². The first-order valence-corrected chi connectivity index (χ1v) is 6.67. The van der Waals surface area contributed by atoms with Crippen LogP contribution in [0.3, 0.4) is 0 Å². The SMILES string of the molecule is CCOC(=O)NC1=C(O)C(=O)C(C)(c2ccc(OC)cc2)O1. The quantitative estimate of drug-likeness (QED) is 0.883. The Hall–Kier alpha value is -2.70. The standard InChI is InChI=1S/C15H17NO6/c1-4-21-14(19)16-13-11(17)12(18)15(2,22-13)9-5-7-10(20-3)8-6-9/h5-8,17H,4H2,1-3H3,(H,16,19). The maximum absolute atomic E-state index is 12.3. The highest BCUT2D eigenvalue weighted by molar-refractivity contribution is 6.03. The van der Waals surface area contributed by atoms with Crippen LogP contribution in [0.2, 0.25) is 0 Å². The van der Waals surface area contributed by atoms with Gasteiger partial charge in [0.05, 0.1) is 13.7 Å². The Labute approximate surface area is 127 Å². The third-order valence-corrected chi connectivity index (χ3v) is 3.30. The van der Waals surface area contributed by atoms with Crippen LogP contribution in [-0.4, -0.2) is 30.7 Å². The molecule has 0 radical (unpaired) electrons. The molecule has 22 heavy (non-hydrogen) atoms. The van der Waals surface area contributed by atoms with E-state index in [0.717, 1.165) is 0 Å². The average molecular weight is 307 g/mol. The largest absolute Gasteiger partial charge is 0.501 e. The van der Waals surface area contributed by atoms with E-state index in [1.165, 1.54) is 14.0 Å². The second-order valence-electron chi connectivity index (χ2n) is 4.72. The van der Waals surface area contributed by atoms with Crippen LogP contribution < -0.4 is 10.1 Å². The summed E-state index contributed by atoms with van der Waals surface area (Å²) in [6, 6.07) is 6.64. The van der Waals surface area contributed by atoms with Gasteiger partial charge in [-0.2, -0.15) is 0 Å². The predicted molar refractivity (Wildman–Crippen MR) is 76.3 cm³/mol. The van der Waals surface area contributed by atoms with Gasteiger partial charge in [-0.3, -0.25) is 10.1 Å². The minimum Gasteiger partial charge on any atom is -0.501 e. The lowest BCUT2D eigenvalue weighted by Gasteiger charge is -2.23. The van der Waals surface area contributed by atoms with Crippen molar-refractivity contribution >= 4 is 11.9 Å². The molecule has 118 valence electrons. The van der Waals surface area contributed by atoms with Crippen molar-refractivity contribution in [2.75, 3.05) is 13.7 Å². The molecule has 1 heterocycles. The molecule has 2 N–H and O–H groups in total. The van der Waals surface area contributed by atoms with Crippen molar-refractivity contribution in [3.8, 4) is 5.75 Å².